The number of hydrogen-bond donors (Lipinski definition) is 2. The summed E-state index contributed by atoms with van der Waals surface area (Å²) in [6, 6.07) is 2.86. The molecule has 6 heteroatoms. The van der Waals surface area contributed by atoms with Gasteiger partial charge in [-0.1, -0.05) is 0 Å². The fraction of sp³-hybridized carbons (Fsp3) is 0.250. The largest absolute Gasteiger partial charge is 0.493 e. The van der Waals surface area contributed by atoms with Crippen LogP contribution in [0.25, 0.3) is 0 Å². The summed E-state index contributed by atoms with van der Waals surface area (Å²) in [6.07, 6.45) is 0. The van der Waals surface area contributed by atoms with Gasteiger partial charge < -0.3 is 10.5 Å². The van der Waals surface area contributed by atoms with Gasteiger partial charge in [0.2, 0.25) is 0 Å². The van der Waals surface area contributed by atoms with Crippen molar-refractivity contribution in [1.29, 1.82) is 0 Å². The fourth-order valence-corrected chi connectivity index (χ4v) is 1.95. The maximum absolute atomic E-state index is 10.9. The van der Waals surface area contributed by atoms with Gasteiger partial charge >= 0.3 is 0 Å². The van der Waals surface area contributed by atoms with Crippen molar-refractivity contribution < 1.29 is 17.7 Å². The van der Waals surface area contributed by atoms with E-state index in [0.717, 1.165) is 0 Å². The fourth-order valence-electron chi connectivity index (χ4n) is 1.18. The normalized spacial score (nSPS) is 11.4. The minimum atomic E-state index is -4.30. The Morgan fingerprint density at radius 1 is 1.43 bits per heavy atom. The molecule has 0 bridgehead atoms. The van der Waals surface area contributed by atoms with Crippen LogP contribution in [-0.2, 0) is 10.1 Å². The summed E-state index contributed by atoms with van der Waals surface area (Å²) in [5.41, 5.74) is 6.34. The van der Waals surface area contributed by atoms with Gasteiger partial charge in [0.25, 0.3) is 10.1 Å². The van der Waals surface area contributed by atoms with E-state index in [9.17, 15) is 8.42 Å². The van der Waals surface area contributed by atoms with E-state index in [0.29, 0.717) is 5.56 Å². The molecule has 0 saturated heterocycles. The standard InChI is InChI=1S/C8H11NO4S/c1-5-3-6(9)8(13-2)7(4-5)14(10,11)12/h3-4H,9H2,1-2H3,(H,10,11,12). The zero-order valence-electron chi connectivity index (χ0n) is 7.81. The van der Waals surface area contributed by atoms with E-state index in [1.165, 1.54) is 13.2 Å². The molecule has 14 heavy (non-hydrogen) atoms. The van der Waals surface area contributed by atoms with Crippen molar-refractivity contribution in [3.05, 3.63) is 17.7 Å². The first-order valence-corrected chi connectivity index (χ1v) is 5.22. The van der Waals surface area contributed by atoms with Crippen LogP contribution in [0.2, 0.25) is 0 Å². The SMILES string of the molecule is COc1c(N)cc(C)cc1S(=O)(=O)O. The third kappa shape index (κ3) is 1.97. The molecule has 5 nitrogen and oxygen atoms in total. The van der Waals surface area contributed by atoms with Crippen molar-refractivity contribution in [3.8, 4) is 5.75 Å². The highest BCUT2D eigenvalue weighted by Gasteiger charge is 2.18. The van der Waals surface area contributed by atoms with E-state index in [-0.39, 0.29) is 16.3 Å². The number of nitrogens with two attached hydrogens (primary N) is 1. The number of nitrogen functional groups attached to an aromatic ring is 1. The van der Waals surface area contributed by atoms with Crippen LogP contribution in [-0.4, -0.2) is 20.1 Å². The van der Waals surface area contributed by atoms with Crippen LogP contribution in [0.15, 0.2) is 17.0 Å². The second-order valence-electron chi connectivity index (χ2n) is 2.86. The molecule has 0 aromatic heterocycles. The number of methoxy groups -OCH3 is 1. The van der Waals surface area contributed by atoms with Crippen molar-refractivity contribution in [2.75, 3.05) is 12.8 Å². The molecule has 0 amide bonds. The molecule has 0 saturated carbocycles. The topological polar surface area (TPSA) is 89.6 Å². The summed E-state index contributed by atoms with van der Waals surface area (Å²) >= 11 is 0. The quantitative estimate of drug-likeness (QED) is 0.565. The third-order valence-corrected chi connectivity index (χ3v) is 2.57. The molecule has 0 atom stereocenters. The third-order valence-electron chi connectivity index (χ3n) is 1.71. The van der Waals surface area contributed by atoms with Crippen LogP contribution in [0.3, 0.4) is 0 Å². The van der Waals surface area contributed by atoms with Gasteiger partial charge in [0, 0.05) is 0 Å². The van der Waals surface area contributed by atoms with Crippen LogP contribution in [0, 0.1) is 6.92 Å². The molecule has 1 aromatic carbocycles. The van der Waals surface area contributed by atoms with E-state index in [4.69, 9.17) is 15.0 Å². The van der Waals surface area contributed by atoms with Crippen molar-refractivity contribution >= 4 is 15.8 Å². The highest BCUT2D eigenvalue weighted by molar-refractivity contribution is 7.86. The second kappa shape index (κ2) is 3.47. The molecule has 0 aliphatic carbocycles. The van der Waals surface area contributed by atoms with Crippen LogP contribution in [0.5, 0.6) is 5.75 Å². The highest BCUT2D eigenvalue weighted by Crippen LogP contribution is 2.31. The van der Waals surface area contributed by atoms with E-state index in [1.807, 2.05) is 0 Å². The highest BCUT2D eigenvalue weighted by atomic mass is 32.2. The Morgan fingerprint density at radius 3 is 2.43 bits per heavy atom. The lowest BCUT2D eigenvalue weighted by Gasteiger charge is -2.09. The molecule has 0 aliphatic heterocycles. The number of hydrogen-bond acceptors (Lipinski definition) is 4. The van der Waals surface area contributed by atoms with E-state index in [2.05, 4.69) is 0 Å². The number of benzene rings is 1. The molecule has 0 aliphatic rings. The van der Waals surface area contributed by atoms with Crippen molar-refractivity contribution in [2.45, 2.75) is 11.8 Å². The lowest BCUT2D eigenvalue weighted by atomic mass is 10.2. The van der Waals surface area contributed by atoms with E-state index >= 15 is 0 Å². The van der Waals surface area contributed by atoms with E-state index in [1.54, 1.807) is 13.0 Å². The number of anilines is 1. The summed E-state index contributed by atoms with van der Waals surface area (Å²) in [5, 5.41) is 0. The molecular weight excluding hydrogens is 206 g/mol. The lowest BCUT2D eigenvalue weighted by molar-refractivity contribution is 0.399. The minimum absolute atomic E-state index is 0.0295. The molecule has 78 valence electrons. The minimum Gasteiger partial charge on any atom is -0.493 e. The molecule has 1 aromatic rings. The van der Waals surface area contributed by atoms with Gasteiger partial charge in [0.1, 0.15) is 4.90 Å². The van der Waals surface area contributed by atoms with Crippen LogP contribution >= 0.6 is 0 Å². The lowest BCUT2D eigenvalue weighted by Crippen LogP contribution is -2.04. The molecule has 0 spiro atoms. The monoisotopic (exact) mass is 217 g/mol. The molecule has 0 radical (unpaired) electrons. The van der Waals surface area contributed by atoms with Gasteiger partial charge in [-0.2, -0.15) is 8.42 Å². The van der Waals surface area contributed by atoms with Gasteiger partial charge in [0.15, 0.2) is 5.75 Å². The van der Waals surface area contributed by atoms with Crippen LogP contribution in [0.4, 0.5) is 5.69 Å². The Morgan fingerprint density at radius 2 is 2.00 bits per heavy atom. The molecule has 0 heterocycles. The summed E-state index contributed by atoms with van der Waals surface area (Å²) in [5.74, 6) is -0.0295. The number of aryl methyl sites for hydroxylation is 1. The van der Waals surface area contributed by atoms with Gasteiger partial charge in [-0.05, 0) is 24.6 Å². The zero-order valence-corrected chi connectivity index (χ0v) is 8.63. The zero-order chi connectivity index (χ0) is 10.9. The van der Waals surface area contributed by atoms with Gasteiger partial charge in [-0.25, -0.2) is 0 Å². The molecular formula is C8H11NO4S. The molecule has 1 rings (SSSR count). The summed E-state index contributed by atoms with van der Waals surface area (Å²) in [7, 11) is -3.01. The Bertz CT molecular complexity index is 453. The molecule has 3 N–H and O–H groups in total. The van der Waals surface area contributed by atoms with Gasteiger partial charge in [-0.3, -0.25) is 4.55 Å². The predicted octanol–water partition coefficient (Wildman–Crippen LogP) is 0.833. The first-order chi connectivity index (χ1) is 6.36. The Balaban J connectivity index is 3.56. The maximum Gasteiger partial charge on any atom is 0.298 e. The first-order valence-electron chi connectivity index (χ1n) is 3.78. The van der Waals surface area contributed by atoms with Crippen molar-refractivity contribution in [1.82, 2.24) is 0 Å². The molecule has 0 unspecified atom stereocenters. The van der Waals surface area contributed by atoms with E-state index < -0.39 is 10.1 Å². The Kier molecular flexibility index (Phi) is 2.68. The Labute approximate surface area is 82.2 Å². The van der Waals surface area contributed by atoms with Crippen LogP contribution < -0.4 is 10.5 Å². The summed E-state index contributed by atoms with van der Waals surface area (Å²) in [6.45, 7) is 1.67. The average molecular weight is 217 g/mol. The smallest absolute Gasteiger partial charge is 0.298 e. The summed E-state index contributed by atoms with van der Waals surface area (Å²) in [4.78, 5) is -0.308. The predicted molar refractivity (Wildman–Crippen MR) is 52.0 cm³/mol. The van der Waals surface area contributed by atoms with Gasteiger partial charge in [0.05, 0.1) is 12.8 Å². The second-order valence-corrected chi connectivity index (χ2v) is 4.25. The number of ether oxygens (including phenoxy) is 1. The maximum atomic E-state index is 10.9. The summed E-state index contributed by atoms with van der Waals surface area (Å²) < 4.78 is 35.6. The van der Waals surface area contributed by atoms with Gasteiger partial charge in [-0.15, -0.1) is 0 Å². The van der Waals surface area contributed by atoms with Crippen molar-refractivity contribution in [2.24, 2.45) is 0 Å². The Hall–Kier alpha value is -1.27. The average Bonchev–Trinajstić information content (AvgIpc) is 2.01. The first kappa shape index (κ1) is 10.8. The number of rotatable bonds is 2. The molecule has 0 fully saturated rings. The van der Waals surface area contributed by atoms with Crippen LogP contribution in [0.1, 0.15) is 5.56 Å². The van der Waals surface area contributed by atoms with Crippen molar-refractivity contribution in [3.63, 3.8) is 0 Å².